The Morgan fingerprint density at radius 2 is 1.68 bits per heavy atom. The maximum atomic E-state index is 5.57. The van der Waals surface area contributed by atoms with E-state index in [1.807, 2.05) is 7.11 Å². The fourth-order valence-electron chi connectivity index (χ4n) is 2.92. The van der Waals surface area contributed by atoms with E-state index in [0.29, 0.717) is 6.10 Å². The summed E-state index contributed by atoms with van der Waals surface area (Å²) in [6.45, 7) is 6.00. The first kappa shape index (κ1) is 17.5. The topological polar surface area (TPSA) is 12.5 Å². The molecule has 1 heterocycles. The Kier molecular flexibility index (Phi) is 10.2. The Morgan fingerprint density at radius 3 is 2.32 bits per heavy atom. The van der Waals surface area contributed by atoms with Crippen LogP contribution in [0.25, 0.3) is 0 Å². The van der Waals surface area contributed by atoms with E-state index < -0.39 is 0 Å². The number of rotatable bonds is 10. The smallest absolute Gasteiger partial charge is 0.0724 e. The van der Waals surface area contributed by atoms with E-state index in [0.717, 1.165) is 12.5 Å². The quantitative estimate of drug-likeness (QED) is 0.432. The van der Waals surface area contributed by atoms with Crippen molar-refractivity contribution in [2.24, 2.45) is 5.92 Å². The summed E-state index contributed by atoms with van der Waals surface area (Å²) >= 11 is 3.49. The fraction of sp³-hybridized carbons (Fsp3) is 1.00. The molecule has 1 aliphatic heterocycles. The van der Waals surface area contributed by atoms with Crippen molar-refractivity contribution >= 4 is 15.9 Å². The fourth-order valence-corrected chi connectivity index (χ4v) is 3.32. The average molecular weight is 334 g/mol. The highest BCUT2D eigenvalue weighted by Gasteiger charge is 2.25. The molecule has 0 aromatic rings. The Morgan fingerprint density at radius 1 is 1.05 bits per heavy atom. The van der Waals surface area contributed by atoms with Crippen molar-refractivity contribution < 1.29 is 4.74 Å². The van der Waals surface area contributed by atoms with Crippen molar-refractivity contribution in [1.82, 2.24) is 4.90 Å². The average Bonchev–Trinajstić information content (AvgIpc) is 2.43. The molecule has 114 valence electrons. The highest BCUT2D eigenvalue weighted by atomic mass is 79.9. The number of hydrogen-bond donors (Lipinski definition) is 0. The molecule has 0 aromatic carbocycles. The minimum atomic E-state index is 0.456. The van der Waals surface area contributed by atoms with Crippen LogP contribution in [0.4, 0.5) is 0 Å². The minimum absolute atomic E-state index is 0.456. The second-order valence-corrected chi connectivity index (χ2v) is 6.80. The molecule has 0 aromatic heterocycles. The molecule has 0 spiro atoms. The van der Waals surface area contributed by atoms with Crippen molar-refractivity contribution in [3.8, 4) is 0 Å². The number of unbranched alkanes of at least 4 members (excludes halogenated alkanes) is 6. The first-order valence-corrected chi connectivity index (χ1v) is 9.21. The van der Waals surface area contributed by atoms with Crippen LogP contribution in [0.3, 0.4) is 0 Å². The van der Waals surface area contributed by atoms with Crippen molar-refractivity contribution in [2.45, 2.75) is 64.4 Å². The summed E-state index contributed by atoms with van der Waals surface area (Å²) in [5, 5.41) is 1.17. The lowest BCUT2D eigenvalue weighted by Crippen LogP contribution is -2.44. The number of piperidine rings is 1. The molecule has 1 aliphatic rings. The monoisotopic (exact) mass is 333 g/mol. The van der Waals surface area contributed by atoms with Crippen molar-refractivity contribution in [3.63, 3.8) is 0 Å². The lowest BCUT2D eigenvalue weighted by atomic mass is 9.95. The second-order valence-electron chi connectivity index (χ2n) is 6.00. The minimum Gasteiger partial charge on any atom is -0.380 e. The number of alkyl halides is 1. The van der Waals surface area contributed by atoms with Gasteiger partial charge in [-0.15, -0.1) is 0 Å². The Bertz CT molecular complexity index is 213. The molecule has 3 heteroatoms. The third-order valence-electron chi connectivity index (χ3n) is 4.38. The van der Waals surface area contributed by atoms with E-state index in [2.05, 4.69) is 27.8 Å². The van der Waals surface area contributed by atoms with E-state index in [1.54, 1.807) is 0 Å². The molecule has 0 saturated carbocycles. The highest BCUT2D eigenvalue weighted by molar-refractivity contribution is 9.09. The Hall–Kier alpha value is 0.400. The molecule has 0 radical (unpaired) electrons. The van der Waals surface area contributed by atoms with Crippen LogP contribution in [-0.4, -0.2) is 43.1 Å². The van der Waals surface area contributed by atoms with Crippen LogP contribution >= 0.6 is 15.9 Å². The molecule has 1 saturated heterocycles. The molecular weight excluding hydrogens is 302 g/mol. The first-order chi connectivity index (χ1) is 9.27. The SMILES string of the molecule is COC1CN(CCCCCCCCCBr)CCC1C. The molecule has 2 unspecified atom stereocenters. The largest absolute Gasteiger partial charge is 0.380 e. The zero-order chi connectivity index (χ0) is 13.9. The predicted octanol–water partition coefficient (Wildman–Crippen LogP) is 4.47. The molecule has 19 heavy (non-hydrogen) atoms. The summed E-state index contributed by atoms with van der Waals surface area (Å²) in [5.41, 5.74) is 0. The van der Waals surface area contributed by atoms with Crippen LogP contribution in [0, 0.1) is 5.92 Å². The van der Waals surface area contributed by atoms with Crippen LogP contribution in [0.1, 0.15) is 58.3 Å². The van der Waals surface area contributed by atoms with Crippen molar-refractivity contribution in [1.29, 1.82) is 0 Å². The van der Waals surface area contributed by atoms with E-state index in [9.17, 15) is 0 Å². The van der Waals surface area contributed by atoms with E-state index in [-0.39, 0.29) is 0 Å². The van der Waals surface area contributed by atoms with Gasteiger partial charge in [0.25, 0.3) is 0 Å². The Labute approximate surface area is 128 Å². The van der Waals surface area contributed by atoms with Crippen molar-refractivity contribution in [3.05, 3.63) is 0 Å². The number of methoxy groups -OCH3 is 1. The molecular formula is C16H32BrNO. The van der Waals surface area contributed by atoms with Gasteiger partial charge in [0.1, 0.15) is 0 Å². The molecule has 0 aliphatic carbocycles. The molecule has 0 bridgehead atoms. The predicted molar refractivity (Wildman–Crippen MR) is 87.1 cm³/mol. The summed E-state index contributed by atoms with van der Waals surface area (Å²) in [4.78, 5) is 2.60. The number of nitrogens with zero attached hydrogens (tertiary/aromatic N) is 1. The van der Waals surface area contributed by atoms with Gasteiger partial charge in [-0.25, -0.2) is 0 Å². The Balaban J connectivity index is 1.95. The third-order valence-corrected chi connectivity index (χ3v) is 4.94. The van der Waals surface area contributed by atoms with E-state index >= 15 is 0 Å². The lowest BCUT2D eigenvalue weighted by molar-refractivity contribution is -0.00526. The van der Waals surface area contributed by atoms with Gasteiger partial charge in [0.05, 0.1) is 6.10 Å². The van der Waals surface area contributed by atoms with Crippen LogP contribution in [0.15, 0.2) is 0 Å². The third kappa shape index (κ3) is 7.67. The number of likely N-dealkylation sites (tertiary alicyclic amines) is 1. The van der Waals surface area contributed by atoms with Crippen molar-refractivity contribution in [2.75, 3.05) is 32.1 Å². The standard InChI is InChI=1S/C16H32BrNO/c1-15-10-13-18(14-16(15)19-2)12-9-7-5-3-4-6-8-11-17/h15-16H,3-14H2,1-2H3. The summed E-state index contributed by atoms with van der Waals surface area (Å²) in [6.07, 6.45) is 11.5. The number of ether oxygens (including phenoxy) is 1. The second kappa shape index (κ2) is 11.1. The van der Waals surface area contributed by atoms with Crippen LogP contribution in [-0.2, 0) is 4.74 Å². The van der Waals surface area contributed by atoms with Gasteiger partial charge in [0.2, 0.25) is 0 Å². The zero-order valence-electron chi connectivity index (χ0n) is 12.9. The molecule has 2 atom stereocenters. The van der Waals surface area contributed by atoms with Gasteiger partial charge in [-0.3, -0.25) is 0 Å². The molecule has 2 nitrogen and oxygen atoms in total. The number of halogens is 1. The summed E-state index contributed by atoms with van der Waals surface area (Å²) in [5.74, 6) is 0.732. The maximum Gasteiger partial charge on any atom is 0.0724 e. The first-order valence-electron chi connectivity index (χ1n) is 8.09. The normalized spacial score (nSPS) is 24.8. The number of hydrogen-bond acceptors (Lipinski definition) is 2. The highest BCUT2D eigenvalue weighted by Crippen LogP contribution is 2.20. The molecule has 1 rings (SSSR count). The maximum absolute atomic E-state index is 5.57. The summed E-state index contributed by atoms with van der Waals surface area (Å²) in [6, 6.07) is 0. The van der Waals surface area contributed by atoms with Gasteiger partial charge >= 0.3 is 0 Å². The van der Waals surface area contributed by atoms with Crippen LogP contribution in [0.2, 0.25) is 0 Å². The summed E-state index contributed by atoms with van der Waals surface area (Å²) in [7, 11) is 1.86. The van der Waals surface area contributed by atoms with Crippen LogP contribution < -0.4 is 0 Å². The van der Waals surface area contributed by atoms with Gasteiger partial charge < -0.3 is 9.64 Å². The van der Waals surface area contributed by atoms with Gasteiger partial charge in [-0.2, -0.15) is 0 Å². The van der Waals surface area contributed by atoms with Gasteiger partial charge in [0.15, 0.2) is 0 Å². The summed E-state index contributed by atoms with van der Waals surface area (Å²) < 4.78 is 5.57. The van der Waals surface area contributed by atoms with E-state index in [4.69, 9.17) is 4.74 Å². The lowest BCUT2D eigenvalue weighted by Gasteiger charge is -2.36. The van der Waals surface area contributed by atoms with Gasteiger partial charge in [-0.1, -0.05) is 55.0 Å². The van der Waals surface area contributed by atoms with Gasteiger partial charge in [0, 0.05) is 19.0 Å². The van der Waals surface area contributed by atoms with Gasteiger partial charge in [-0.05, 0) is 38.3 Å². The van der Waals surface area contributed by atoms with Crippen LogP contribution in [0.5, 0.6) is 0 Å². The molecule has 0 N–H and O–H groups in total. The molecule has 0 amide bonds. The molecule has 1 fully saturated rings. The van der Waals surface area contributed by atoms with E-state index in [1.165, 1.54) is 69.8 Å². The zero-order valence-corrected chi connectivity index (χ0v) is 14.5.